The number of aryl methyl sites for hydroxylation is 2. The molecule has 2 aromatic heterocycles. The van der Waals surface area contributed by atoms with Gasteiger partial charge >= 0.3 is 5.69 Å². The van der Waals surface area contributed by atoms with Crippen molar-refractivity contribution < 1.29 is 0 Å². The second-order valence-corrected chi connectivity index (χ2v) is 4.40. The fourth-order valence-electron chi connectivity index (χ4n) is 1.96. The van der Waals surface area contributed by atoms with E-state index < -0.39 is 11.2 Å². The molecule has 0 radical (unpaired) electrons. The lowest BCUT2D eigenvalue weighted by Crippen LogP contribution is -2.31. The maximum absolute atomic E-state index is 11.8. The van der Waals surface area contributed by atoms with Crippen LogP contribution in [0.1, 0.15) is 26.7 Å². The molecule has 0 fully saturated rings. The van der Waals surface area contributed by atoms with E-state index in [1.165, 1.54) is 4.57 Å². The van der Waals surface area contributed by atoms with Crippen LogP contribution in [0.2, 0.25) is 5.28 Å². The topological polar surface area (TPSA) is 72.7 Å². The van der Waals surface area contributed by atoms with Crippen LogP contribution < -0.4 is 11.2 Å². The number of hydrogen-bond donors (Lipinski definition) is 1. The molecular weight excluding hydrogens is 256 g/mol. The second-order valence-electron chi connectivity index (χ2n) is 4.06. The molecule has 2 heterocycles. The minimum absolute atomic E-state index is 0.230. The Bertz CT molecular complexity index is 683. The van der Waals surface area contributed by atoms with Gasteiger partial charge in [0.1, 0.15) is 0 Å². The monoisotopic (exact) mass is 270 g/mol. The van der Waals surface area contributed by atoms with Gasteiger partial charge in [0.25, 0.3) is 5.56 Å². The molecule has 2 rings (SSSR count). The van der Waals surface area contributed by atoms with Crippen LogP contribution in [0.5, 0.6) is 0 Å². The average Bonchev–Trinajstić information content (AvgIpc) is 2.66. The van der Waals surface area contributed by atoms with Gasteiger partial charge in [0.05, 0.1) is 0 Å². The Hall–Kier alpha value is -1.56. The molecule has 0 atom stereocenters. The number of hydrogen-bond acceptors (Lipinski definition) is 3. The van der Waals surface area contributed by atoms with Gasteiger partial charge in [0.2, 0.25) is 5.28 Å². The molecule has 6 nitrogen and oxygen atoms in total. The molecule has 0 unspecified atom stereocenters. The first-order valence-corrected chi connectivity index (χ1v) is 6.36. The quantitative estimate of drug-likeness (QED) is 0.853. The molecular formula is C11H15ClN4O2. The minimum Gasteiger partial charge on any atom is -0.309 e. The van der Waals surface area contributed by atoms with Gasteiger partial charge in [-0.3, -0.25) is 14.3 Å². The summed E-state index contributed by atoms with van der Waals surface area (Å²) in [6.07, 6.45) is 1.80. The van der Waals surface area contributed by atoms with E-state index >= 15 is 0 Å². The molecule has 0 saturated carbocycles. The Kier molecular flexibility index (Phi) is 3.56. The van der Waals surface area contributed by atoms with Crippen LogP contribution in [-0.2, 0) is 13.1 Å². The maximum Gasteiger partial charge on any atom is 0.330 e. The highest BCUT2D eigenvalue weighted by Gasteiger charge is 2.16. The fourth-order valence-corrected chi connectivity index (χ4v) is 2.24. The molecule has 0 amide bonds. The Morgan fingerprint density at radius 2 is 2.00 bits per heavy atom. The van der Waals surface area contributed by atoms with Gasteiger partial charge in [-0.25, -0.2) is 4.79 Å². The van der Waals surface area contributed by atoms with Crippen molar-refractivity contribution in [2.75, 3.05) is 0 Å². The zero-order valence-corrected chi connectivity index (χ0v) is 11.1. The van der Waals surface area contributed by atoms with Crippen molar-refractivity contribution in [1.29, 1.82) is 0 Å². The second kappa shape index (κ2) is 4.97. The van der Waals surface area contributed by atoms with Crippen molar-refractivity contribution in [1.82, 2.24) is 19.1 Å². The lowest BCUT2D eigenvalue weighted by molar-refractivity contribution is 0.613. The summed E-state index contributed by atoms with van der Waals surface area (Å²) >= 11 is 5.98. The first-order chi connectivity index (χ1) is 8.60. The van der Waals surface area contributed by atoms with Gasteiger partial charge in [-0.15, -0.1) is 0 Å². The summed E-state index contributed by atoms with van der Waals surface area (Å²) in [7, 11) is 0. The number of unbranched alkanes of at least 4 members (excludes halogenated alkanes) is 1. The van der Waals surface area contributed by atoms with Crippen molar-refractivity contribution in [2.45, 2.75) is 39.8 Å². The lowest BCUT2D eigenvalue weighted by atomic mass is 10.3. The summed E-state index contributed by atoms with van der Waals surface area (Å²) in [4.78, 5) is 30.1. The van der Waals surface area contributed by atoms with Crippen LogP contribution in [0.3, 0.4) is 0 Å². The molecule has 2 aromatic rings. The summed E-state index contributed by atoms with van der Waals surface area (Å²) in [6, 6.07) is 0. The number of aromatic amines is 1. The summed E-state index contributed by atoms with van der Waals surface area (Å²) in [6.45, 7) is 4.96. The Morgan fingerprint density at radius 1 is 1.28 bits per heavy atom. The third-order valence-electron chi connectivity index (χ3n) is 2.89. The predicted molar refractivity (Wildman–Crippen MR) is 70.2 cm³/mol. The molecule has 18 heavy (non-hydrogen) atoms. The van der Waals surface area contributed by atoms with Crippen molar-refractivity contribution >= 4 is 22.8 Å². The number of rotatable bonds is 4. The molecule has 0 bridgehead atoms. The van der Waals surface area contributed by atoms with Gasteiger partial charge in [0.15, 0.2) is 11.2 Å². The molecule has 0 aliphatic carbocycles. The van der Waals surface area contributed by atoms with Crippen molar-refractivity contribution in [3.63, 3.8) is 0 Å². The maximum atomic E-state index is 11.8. The van der Waals surface area contributed by atoms with Crippen LogP contribution in [0.25, 0.3) is 11.2 Å². The van der Waals surface area contributed by atoms with E-state index in [2.05, 4.69) is 9.97 Å². The Labute approximate surface area is 108 Å². The normalized spacial score (nSPS) is 11.3. The highest BCUT2D eigenvalue weighted by Crippen LogP contribution is 2.15. The zero-order valence-electron chi connectivity index (χ0n) is 10.4. The highest BCUT2D eigenvalue weighted by molar-refractivity contribution is 6.29. The molecule has 0 aliphatic heterocycles. The number of nitrogens with one attached hydrogen (secondary N) is 1. The fraction of sp³-hybridized carbons (Fsp3) is 0.545. The molecule has 0 spiro atoms. The number of halogens is 1. The van der Waals surface area contributed by atoms with E-state index in [1.54, 1.807) is 4.57 Å². The molecule has 1 N–H and O–H groups in total. The van der Waals surface area contributed by atoms with Crippen LogP contribution in [-0.4, -0.2) is 19.1 Å². The van der Waals surface area contributed by atoms with E-state index in [0.717, 1.165) is 12.8 Å². The standard InChI is InChI=1S/C11H15ClN4O2/c1-3-5-6-16-8-7(9(17)14-11(16)18)15(4-2)10(12)13-8/h3-6H2,1-2H3,(H,14,17,18). The minimum atomic E-state index is -0.441. The van der Waals surface area contributed by atoms with Crippen molar-refractivity contribution in [3.8, 4) is 0 Å². The highest BCUT2D eigenvalue weighted by atomic mass is 35.5. The van der Waals surface area contributed by atoms with Gasteiger partial charge in [0, 0.05) is 13.1 Å². The van der Waals surface area contributed by atoms with Crippen LogP contribution >= 0.6 is 11.6 Å². The Morgan fingerprint density at radius 3 is 2.61 bits per heavy atom. The number of imidazole rings is 1. The summed E-state index contributed by atoms with van der Waals surface area (Å²) < 4.78 is 3.07. The van der Waals surface area contributed by atoms with Crippen LogP contribution in [0, 0.1) is 0 Å². The number of fused-ring (bicyclic) bond motifs is 1. The van der Waals surface area contributed by atoms with Gasteiger partial charge in [-0.05, 0) is 24.9 Å². The summed E-state index contributed by atoms with van der Waals surface area (Å²) in [5.41, 5.74) is -0.148. The first-order valence-electron chi connectivity index (χ1n) is 5.99. The first kappa shape index (κ1) is 12.9. The lowest BCUT2D eigenvalue weighted by Gasteiger charge is -2.05. The van der Waals surface area contributed by atoms with Gasteiger partial charge < -0.3 is 4.57 Å². The van der Waals surface area contributed by atoms with Gasteiger partial charge in [-0.2, -0.15) is 4.98 Å². The summed E-state index contributed by atoms with van der Waals surface area (Å²) in [5.74, 6) is 0. The third kappa shape index (κ3) is 1.96. The molecule has 0 aromatic carbocycles. The molecule has 7 heteroatoms. The SMILES string of the molecule is CCCCn1c(=O)[nH]c(=O)c2c1nc(Cl)n2CC. The van der Waals surface area contributed by atoms with Crippen LogP contribution in [0.4, 0.5) is 0 Å². The molecule has 0 aliphatic rings. The number of H-pyrrole nitrogens is 1. The van der Waals surface area contributed by atoms with Crippen molar-refractivity contribution in [2.24, 2.45) is 0 Å². The Balaban J connectivity index is 2.79. The van der Waals surface area contributed by atoms with E-state index in [4.69, 9.17) is 11.6 Å². The predicted octanol–water partition coefficient (Wildman–Crippen LogP) is 1.36. The number of aromatic nitrogens is 4. The number of nitrogens with zero attached hydrogens (tertiary/aromatic N) is 3. The third-order valence-corrected chi connectivity index (χ3v) is 3.18. The van der Waals surface area contributed by atoms with E-state index in [-0.39, 0.29) is 5.28 Å². The molecule has 98 valence electrons. The average molecular weight is 271 g/mol. The van der Waals surface area contributed by atoms with E-state index in [9.17, 15) is 9.59 Å². The van der Waals surface area contributed by atoms with E-state index in [0.29, 0.717) is 24.3 Å². The van der Waals surface area contributed by atoms with Crippen molar-refractivity contribution in [3.05, 3.63) is 26.1 Å². The molecule has 0 saturated heterocycles. The smallest absolute Gasteiger partial charge is 0.309 e. The van der Waals surface area contributed by atoms with E-state index in [1.807, 2.05) is 13.8 Å². The summed E-state index contributed by atoms with van der Waals surface area (Å²) in [5, 5.41) is 0.230. The zero-order chi connectivity index (χ0) is 13.3. The van der Waals surface area contributed by atoms with Crippen LogP contribution in [0.15, 0.2) is 9.59 Å². The van der Waals surface area contributed by atoms with Gasteiger partial charge in [-0.1, -0.05) is 13.3 Å². The largest absolute Gasteiger partial charge is 0.330 e.